The zero-order valence-corrected chi connectivity index (χ0v) is 9.61. The highest BCUT2D eigenvalue weighted by molar-refractivity contribution is 5.39. The van der Waals surface area contributed by atoms with Crippen molar-refractivity contribution in [2.24, 2.45) is 5.92 Å². The number of methoxy groups -OCH3 is 1. The molecule has 1 aromatic carbocycles. The molecule has 0 unspecified atom stereocenters. The Hall–Kier alpha value is -1.22. The highest BCUT2D eigenvalue weighted by Crippen LogP contribution is 2.29. The molecule has 0 atom stereocenters. The maximum atomic E-state index is 9.24. The van der Waals surface area contributed by atoms with Gasteiger partial charge < -0.3 is 14.6 Å². The number of benzene rings is 1. The van der Waals surface area contributed by atoms with Gasteiger partial charge >= 0.3 is 0 Å². The van der Waals surface area contributed by atoms with E-state index in [0.717, 1.165) is 23.7 Å². The lowest BCUT2D eigenvalue weighted by Crippen LogP contribution is -2.19. The van der Waals surface area contributed by atoms with E-state index in [2.05, 4.69) is 0 Å². The van der Waals surface area contributed by atoms with Crippen LogP contribution in [-0.4, -0.2) is 18.8 Å². The second-order valence-corrected chi connectivity index (χ2v) is 4.24. The van der Waals surface area contributed by atoms with Crippen LogP contribution in [-0.2, 0) is 6.61 Å². The normalized spacial score (nSPS) is 15.6. The Labute approximate surface area is 96.0 Å². The largest absolute Gasteiger partial charge is 0.497 e. The molecule has 1 fully saturated rings. The molecular weight excluding hydrogens is 204 g/mol. The van der Waals surface area contributed by atoms with Crippen LogP contribution >= 0.6 is 0 Å². The van der Waals surface area contributed by atoms with E-state index in [1.165, 1.54) is 19.3 Å². The molecule has 1 aliphatic carbocycles. The second kappa shape index (κ2) is 5.21. The van der Waals surface area contributed by atoms with Gasteiger partial charge in [-0.15, -0.1) is 0 Å². The first-order valence-corrected chi connectivity index (χ1v) is 5.74. The SMILES string of the molecule is COc1ccc(OCC2CCC2)c(CO)c1. The summed E-state index contributed by atoms with van der Waals surface area (Å²) in [6.45, 7) is 0.747. The predicted molar refractivity (Wildman–Crippen MR) is 61.8 cm³/mol. The molecule has 2 rings (SSSR count). The van der Waals surface area contributed by atoms with Crippen molar-refractivity contribution in [2.75, 3.05) is 13.7 Å². The smallest absolute Gasteiger partial charge is 0.125 e. The molecule has 1 aliphatic rings. The molecule has 0 aliphatic heterocycles. The number of hydrogen-bond acceptors (Lipinski definition) is 3. The third-order valence-electron chi connectivity index (χ3n) is 3.14. The van der Waals surface area contributed by atoms with Crippen molar-refractivity contribution in [1.29, 1.82) is 0 Å². The average Bonchev–Trinajstić information content (AvgIpc) is 2.27. The van der Waals surface area contributed by atoms with Crippen LogP contribution in [0.2, 0.25) is 0 Å². The Morgan fingerprint density at radius 2 is 2.19 bits per heavy atom. The zero-order valence-electron chi connectivity index (χ0n) is 9.61. The highest BCUT2D eigenvalue weighted by atomic mass is 16.5. The number of aliphatic hydroxyl groups excluding tert-OH is 1. The minimum absolute atomic E-state index is 0.0167. The number of aliphatic hydroxyl groups is 1. The van der Waals surface area contributed by atoms with Crippen molar-refractivity contribution in [3.63, 3.8) is 0 Å². The fourth-order valence-corrected chi connectivity index (χ4v) is 1.81. The minimum atomic E-state index is -0.0167. The van der Waals surface area contributed by atoms with Crippen molar-refractivity contribution >= 4 is 0 Å². The van der Waals surface area contributed by atoms with Gasteiger partial charge in [-0.05, 0) is 37.0 Å². The monoisotopic (exact) mass is 222 g/mol. The molecular formula is C13H18O3. The van der Waals surface area contributed by atoms with Crippen LogP contribution in [0.15, 0.2) is 18.2 Å². The molecule has 1 aromatic rings. The summed E-state index contributed by atoms with van der Waals surface area (Å²) in [6, 6.07) is 5.54. The van der Waals surface area contributed by atoms with Crippen LogP contribution in [0, 0.1) is 5.92 Å². The molecule has 1 N–H and O–H groups in total. The van der Waals surface area contributed by atoms with Crippen molar-refractivity contribution in [3.8, 4) is 11.5 Å². The highest BCUT2D eigenvalue weighted by Gasteiger charge is 2.18. The van der Waals surface area contributed by atoms with Crippen molar-refractivity contribution in [3.05, 3.63) is 23.8 Å². The molecule has 0 bridgehead atoms. The van der Waals surface area contributed by atoms with Crippen LogP contribution in [0.5, 0.6) is 11.5 Å². The van der Waals surface area contributed by atoms with Crippen LogP contribution in [0.1, 0.15) is 24.8 Å². The van der Waals surface area contributed by atoms with E-state index in [1.807, 2.05) is 18.2 Å². The first-order chi connectivity index (χ1) is 7.83. The van der Waals surface area contributed by atoms with Crippen LogP contribution < -0.4 is 9.47 Å². The average molecular weight is 222 g/mol. The van der Waals surface area contributed by atoms with Gasteiger partial charge in [-0.2, -0.15) is 0 Å². The third kappa shape index (κ3) is 2.47. The number of rotatable bonds is 5. The first-order valence-electron chi connectivity index (χ1n) is 5.74. The Balaban J connectivity index is 2.00. The molecule has 0 aromatic heterocycles. The van der Waals surface area contributed by atoms with Crippen LogP contribution in [0.4, 0.5) is 0 Å². The lowest BCUT2D eigenvalue weighted by atomic mass is 9.86. The van der Waals surface area contributed by atoms with E-state index < -0.39 is 0 Å². The van der Waals surface area contributed by atoms with Gasteiger partial charge in [-0.1, -0.05) is 6.42 Å². The molecule has 1 saturated carbocycles. The summed E-state index contributed by atoms with van der Waals surface area (Å²) in [7, 11) is 1.62. The Kier molecular flexibility index (Phi) is 3.67. The lowest BCUT2D eigenvalue weighted by molar-refractivity contribution is 0.175. The van der Waals surface area contributed by atoms with E-state index in [-0.39, 0.29) is 6.61 Å². The van der Waals surface area contributed by atoms with E-state index in [0.29, 0.717) is 5.92 Å². The first kappa shape index (κ1) is 11.3. The number of hydrogen-bond donors (Lipinski definition) is 1. The van der Waals surface area contributed by atoms with Crippen molar-refractivity contribution < 1.29 is 14.6 Å². The van der Waals surface area contributed by atoms with Crippen molar-refractivity contribution in [2.45, 2.75) is 25.9 Å². The van der Waals surface area contributed by atoms with Gasteiger partial charge in [0, 0.05) is 5.56 Å². The lowest BCUT2D eigenvalue weighted by Gasteiger charge is -2.25. The van der Waals surface area contributed by atoms with E-state index in [4.69, 9.17) is 9.47 Å². The van der Waals surface area contributed by atoms with Crippen molar-refractivity contribution in [1.82, 2.24) is 0 Å². The molecule has 0 heterocycles. The second-order valence-electron chi connectivity index (χ2n) is 4.24. The van der Waals surface area contributed by atoms with Gasteiger partial charge in [0.2, 0.25) is 0 Å². The molecule has 0 saturated heterocycles. The molecule has 0 spiro atoms. The van der Waals surface area contributed by atoms with Gasteiger partial charge in [0.1, 0.15) is 11.5 Å². The van der Waals surface area contributed by atoms with E-state index in [1.54, 1.807) is 7.11 Å². The maximum absolute atomic E-state index is 9.24. The quantitative estimate of drug-likeness (QED) is 0.831. The zero-order chi connectivity index (χ0) is 11.4. The summed E-state index contributed by atoms with van der Waals surface area (Å²) in [5.41, 5.74) is 0.790. The molecule has 88 valence electrons. The van der Waals surface area contributed by atoms with Gasteiger partial charge in [0.05, 0.1) is 20.3 Å². The summed E-state index contributed by atoms with van der Waals surface area (Å²) in [6.07, 6.45) is 3.86. The summed E-state index contributed by atoms with van der Waals surface area (Å²) >= 11 is 0. The Morgan fingerprint density at radius 3 is 2.75 bits per heavy atom. The summed E-state index contributed by atoms with van der Waals surface area (Å²) in [5, 5.41) is 9.24. The summed E-state index contributed by atoms with van der Waals surface area (Å²) < 4.78 is 10.8. The predicted octanol–water partition coefficient (Wildman–Crippen LogP) is 2.37. The van der Waals surface area contributed by atoms with Crippen LogP contribution in [0.25, 0.3) is 0 Å². The third-order valence-corrected chi connectivity index (χ3v) is 3.14. The minimum Gasteiger partial charge on any atom is -0.497 e. The molecule has 0 amide bonds. The summed E-state index contributed by atoms with van der Waals surface area (Å²) in [4.78, 5) is 0. The van der Waals surface area contributed by atoms with Gasteiger partial charge in [-0.25, -0.2) is 0 Å². The fraction of sp³-hybridized carbons (Fsp3) is 0.538. The number of ether oxygens (including phenoxy) is 2. The molecule has 3 heteroatoms. The van der Waals surface area contributed by atoms with Gasteiger partial charge in [-0.3, -0.25) is 0 Å². The Morgan fingerprint density at radius 1 is 1.38 bits per heavy atom. The maximum Gasteiger partial charge on any atom is 0.125 e. The van der Waals surface area contributed by atoms with Gasteiger partial charge in [0.25, 0.3) is 0 Å². The van der Waals surface area contributed by atoms with E-state index >= 15 is 0 Å². The van der Waals surface area contributed by atoms with E-state index in [9.17, 15) is 5.11 Å². The standard InChI is InChI=1S/C13H18O3/c1-15-12-5-6-13(11(7-12)8-14)16-9-10-3-2-4-10/h5-7,10,14H,2-4,8-9H2,1H3. The fourth-order valence-electron chi connectivity index (χ4n) is 1.81. The van der Waals surface area contributed by atoms with Crippen LogP contribution in [0.3, 0.4) is 0 Å². The molecule has 3 nitrogen and oxygen atoms in total. The summed E-state index contributed by atoms with van der Waals surface area (Å²) in [5.74, 6) is 2.23. The topological polar surface area (TPSA) is 38.7 Å². The van der Waals surface area contributed by atoms with Gasteiger partial charge in [0.15, 0.2) is 0 Å². The molecule has 16 heavy (non-hydrogen) atoms. The molecule has 0 radical (unpaired) electrons. The Bertz CT molecular complexity index is 345.